The number of allylic oxidation sites excluding steroid dienone is 2. The van der Waals surface area contributed by atoms with Crippen molar-refractivity contribution in [2.24, 2.45) is 11.8 Å². The molecule has 3 rings (SSSR count). The van der Waals surface area contributed by atoms with Crippen molar-refractivity contribution in [3.63, 3.8) is 0 Å². The molecule has 2 fully saturated rings. The second kappa shape index (κ2) is 6.46. The summed E-state index contributed by atoms with van der Waals surface area (Å²) in [5.74, 6) is -0.368. The summed E-state index contributed by atoms with van der Waals surface area (Å²) in [5.41, 5.74) is 0. The standard InChI is InChI=1S/C14H19ClN2O2.ClH/c15-10-3-4-11-12(9-10)14(19)17(13(11)18)8-7-16-5-1-2-6-16;/h3,11-12H,1-2,4-9H2;1H. The van der Waals surface area contributed by atoms with Crippen LogP contribution >= 0.6 is 24.0 Å². The van der Waals surface area contributed by atoms with Gasteiger partial charge in [-0.25, -0.2) is 0 Å². The number of hydrogen-bond acceptors (Lipinski definition) is 3. The molecule has 2 amide bonds. The zero-order chi connectivity index (χ0) is 13.4. The van der Waals surface area contributed by atoms with Gasteiger partial charge in [-0.3, -0.25) is 14.5 Å². The predicted octanol–water partition coefficient (Wildman–Crippen LogP) is 2.02. The van der Waals surface area contributed by atoms with E-state index in [0.717, 1.165) is 24.7 Å². The fourth-order valence-corrected chi connectivity index (χ4v) is 3.62. The van der Waals surface area contributed by atoms with Gasteiger partial charge in [0.1, 0.15) is 0 Å². The van der Waals surface area contributed by atoms with E-state index in [1.807, 2.05) is 6.08 Å². The molecule has 6 heteroatoms. The van der Waals surface area contributed by atoms with Crippen LogP contribution in [0.2, 0.25) is 0 Å². The average Bonchev–Trinajstić information content (AvgIpc) is 2.98. The highest BCUT2D eigenvalue weighted by molar-refractivity contribution is 6.30. The van der Waals surface area contributed by atoms with Crippen LogP contribution in [0.5, 0.6) is 0 Å². The van der Waals surface area contributed by atoms with E-state index in [1.54, 1.807) is 0 Å². The lowest BCUT2D eigenvalue weighted by atomic mass is 9.85. The molecule has 4 nitrogen and oxygen atoms in total. The maximum absolute atomic E-state index is 12.3. The molecule has 2 saturated heterocycles. The molecular weight excluding hydrogens is 299 g/mol. The molecule has 3 aliphatic rings. The molecular formula is C14H20Cl2N2O2. The molecule has 0 saturated carbocycles. The van der Waals surface area contributed by atoms with Crippen molar-refractivity contribution in [2.75, 3.05) is 26.2 Å². The Hall–Kier alpha value is -0.580. The maximum Gasteiger partial charge on any atom is 0.233 e. The molecule has 0 aromatic carbocycles. The molecule has 2 heterocycles. The van der Waals surface area contributed by atoms with Crippen molar-refractivity contribution in [1.82, 2.24) is 9.80 Å². The molecule has 0 spiro atoms. The van der Waals surface area contributed by atoms with Gasteiger partial charge < -0.3 is 4.90 Å². The van der Waals surface area contributed by atoms with Crippen molar-refractivity contribution in [3.8, 4) is 0 Å². The Kier molecular flexibility index (Phi) is 5.10. The number of hydrogen-bond donors (Lipinski definition) is 0. The van der Waals surface area contributed by atoms with Crippen LogP contribution in [-0.2, 0) is 9.59 Å². The van der Waals surface area contributed by atoms with E-state index >= 15 is 0 Å². The van der Waals surface area contributed by atoms with Gasteiger partial charge in [-0.1, -0.05) is 17.7 Å². The second-order valence-electron chi connectivity index (χ2n) is 5.68. The summed E-state index contributed by atoms with van der Waals surface area (Å²) < 4.78 is 0. The minimum Gasteiger partial charge on any atom is -0.302 e. The van der Waals surface area contributed by atoms with Crippen LogP contribution in [0, 0.1) is 11.8 Å². The highest BCUT2D eigenvalue weighted by atomic mass is 35.5. The third kappa shape index (κ3) is 2.87. The van der Waals surface area contributed by atoms with Gasteiger partial charge in [-0.2, -0.15) is 0 Å². The first kappa shape index (κ1) is 15.8. The van der Waals surface area contributed by atoms with Crippen LogP contribution in [0.15, 0.2) is 11.1 Å². The van der Waals surface area contributed by atoms with Crippen LogP contribution in [0.3, 0.4) is 0 Å². The molecule has 0 radical (unpaired) electrons. The fourth-order valence-electron chi connectivity index (χ4n) is 3.36. The predicted molar refractivity (Wildman–Crippen MR) is 79.8 cm³/mol. The Morgan fingerprint density at radius 2 is 1.75 bits per heavy atom. The molecule has 0 aromatic rings. The molecule has 2 atom stereocenters. The van der Waals surface area contributed by atoms with E-state index in [1.165, 1.54) is 17.7 Å². The molecule has 0 aromatic heterocycles. The van der Waals surface area contributed by atoms with Crippen LogP contribution in [0.1, 0.15) is 25.7 Å². The second-order valence-corrected chi connectivity index (χ2v) is 6.17. The van der Waals surface area contributed by atoms with Gasteiger partial charge in [0.25, 0.3) is 0 Å². The monoisotopic (exact) mass is 318 g/mol. The van der Waals surface area contributed by atoms with Crippen molar-refractivity contribution in [1.29, 1.82) is 0 Å². The minimum absolute atomic E-state index is 0. The molecule has 2 unspecified atom stereocenters. The van der Waals surface area contributed by atoms with Crippen molar-refractivity contribution < 1.29 is 9.59 Å². The SMILES string of the molecule is Cl.O=C1C2CC=C(Cl)CC2C(=O)N1CCN1CCCC1. The summed E-state index contributed by atoms with van der Waals surface area (Å²) in [4.78, 5) is 28.4. The quantitative estimate of drug-likeness (QED) is 0.747. The van der Waals surface area contributed by atoms with Crippen molar-refractivity contribution in [3.05, 3.63) is 11.1 Å². The van der Waals surface area contributed by atoms with E-state index in [2.05, 4.69) is 4.90 Å². The van der Waals surface area contributed by atoms with Crippen LogP contribution in [-0.4, -0.2) is 47.8 Å². The number of halogens is 2. The Labute approximate surface area is 130 Å². The number of carbonyl (C=O) groups is 2. The number of amides is 2. The highest BCUT2D eigenvalue weighted by Gasteiger charge is 2.48. The smallest absolute Gasteiger partial charge is 0.233 e. The average molecular weight is 319 g/mol. The number of carbonyl (C=O) groups excluding carboxylic acids is 2. The summed E-state index contributed by atoms with van der Waals surface area (Å²) >= 11 is 6.00. The van der Waals surface area contributed by atoms with E-state index in [4.69, 9.17) is 11.6 Å². The summed E-state index contributed by atoms with van der Waals surface area (Å²) in [6, 6.07) is 0. The van der Waals surface area contributed by atoms with Gasteiger partial charge in [0, 0.05) is 18.1 Å². The maximum atomic E-state index is 12.3. The molecule has 20 heavy (non-hydrogen) atoms. The summed E-state index contributed by atoms with van der Waals surface area (Å²) in [6.07, 6.45) is 5.50. The minimum atomic E-state index is -0.205. The first-order valence-corrected chi connectivity index (χ1v) is 7.46. The lowest BCUT2D eigenvalue weighted by molar-refractivity contribution is -0.140. The van der Waals surface area contributed by atoms with Crippen LogP contribution < -0.4 is 0 Å². The molecule has 0 bridgehead atoms. The lowest BCUT2D eigenvalue weighted by Gasteiger charge is -2.20. The number of nitrogens with zero attached hydrogens (tertiary/aromatic N) is 2. The van der Waals surface area contributed by atoms with E-state index in [0.29, 0.717) is 19.4 Å². The number of likely N-dealkylation sites (tertiary alicyclic amines) is 2. The first-order chi connectivity index (χ1) is 9.16. The summed E-state index contributed by atoms with van der Waals surface area (Å²) in [5, 5.41) is 0.726. The normalized spacial score (nSPS) is 30.2. The zero-order valence-corrected chi connectivity index (χ0v) is 13.0. The molecule has 112 valence electrons. The fraction of sp³-hybridized carbons (Fsp3) is 0.714. The van der Waals surface area contributed by atoms with Gasteiger partial charge >= 0.3 is 0 Å². The third-order valence-electron chi connectivity index (χ3n) is 4.50. The molecule has 2 aliphatic heterocycles. The van der Waals surface area contributed by atoms with Crippen molar-refractivity contribution in [2.45, 2.75) is 25.7 Å². The largest absolute Gasteiger partial charge is 0.302 e. The Morgan fingerprint density at radius 1 is 1.10 bits per heavy atom. The van der Waals surface area contributed by atoms with Crippen LogP contribution in [0.25, 0.3) is 0 Å². The van der Waals surface area contributed by atoms with Gasteiger partial charge in [0.15, 0.2) is 0 Å². The first-order valence-electron chi connectivity index (χ1n) is 7.09. The summed E-state index contributed by atoms with van der Waals surface area (Å²) in [6.45, 7) is 3.55. The third-order valence-corrected chi connectivity index (χ3v) is 4.81. The topological polar surface area (TPSA) is 40.6 Å². The van der Waals surface area contributed by atoms with Crippen molar-refractivity contribution >= 4 is 35.8 Å². The Morgan fingerprint density at radius 3 is 2.45 bits per heavy atom. The van der Waals surface area contributed by atoms with Gasteiger partial charge in [0.2, 0.25) is 11.8 Å². The van der Waals surface area contributed by atoms with Gasteiger partial charge in [-0.15, -0.1) is 12.4 Å². The number of imide groups is 1. The Balaban J connectivity index is 0.00000147. The van der Waals surface area contributed by atoms with Gasteiger partial charge in [-0.05, 0) is 38.8 Å². The highest BCUT2D eigenvalue weighted by Crippen LogP contribution is 2.38. The summed E-state index contributed by atoms with van der Waals surface area (Å²) in [7, 11) is 0. The number of rotatable bonds is 3. The van der Waals surface area contributed by atoms with Gasteiger partial charge in [0.05, 0.1) is 11.8 Å². The lowest BCUT2D eigenvalue weighted by Crippen LogP contribution is -2.38. The molecule has 0 N–H and O–H groups in total. The van der Waals surface area contributed by atoms with E-state index in [9.17, 15) is 9.59 Å². The molecule has 1 aliphatic carbocycles. The van der Waals surface area contributed by atoms with Crippen LogP contribution in [0.4, 0.5) is 0 Å². The van der Waals surface area contributed by atoms with E-state index in [-0.39, 0.29) is 36.1 Å². The zero-order valence-electron chi connectivity index (χ0n) is 11.4. The number of fused-ring (bicyclic) bond motifs is 1. The Bertz CT molecular complexity index is 433. The van der Waals surface area contributed by atoms with E-state index < -0.39 is 0 Å².